The van der Waals surface area contributed by atoms with Crippen LogP contribution in [0.15, 0.2) is 39.6 Å². The highest BCUT2D eigenvalue weighted by atomic mass is 32.1. The Hall–Kier alpha value is -2.66. The third kappa shape index (κ3) is 5.35. The van der Waals surface area contributed by atoms with Gasteiger partial charge in [0.2, 0.25) is 5.91 Å². The summed E-state index contributed by atoms with van der Waals surface area (Å²) in [5, 5.41) is 3.33. The molecule has 5 heterocycles. The smallest absolute Gasteiger partial charge is 0.233 e. The van der Waals surface area contributed by atoms with Gasteiger partial charge in [-0.15, -0.1) is 0 Å². The fraction of sp³-hybridized carbons (Fsp3) is 0.500. The largest absolute Gasteiger partial charge is 0.463 e. The van der Waals surface area contributed by atoms with E-state index in [1.54, 1.807) is 24.6 Å². The van der Waals surface area contributed by atoms with E-state index in [1.807, 2.05) is 6.08 Å². The van der Waals surface area contributed by atoms with Crippen molar-refractivity contribution < 1.29 is 23.5 Å². The maximum atomic E-state index is 13.3. The van der Waals surface area contributed by atoms with Gasteiger partial charge in [-0.3, -0.25) is 19.5 Å². The molecule has 2 aromatic heterocycles. The van der Waals surface area contributed by atoms with E-state index < -0.39 is 0 Å². The molecule has 3 aliphatic heterocycles. The van der Waals surface area contributed by atoms with Crippen molar-refractivity contribution in [1.82, 2.24) is 9.88 Å². The van der Waals surface area contributed by atoms with Crippen molar-refractivity contribution in [3.8, 4) is 11.5 Å². The molecule has 1 unspecified atom stereocenters. The maximum Gasteiger partial charge on any atom is 0.233 e. The summed E-state index contributed by atoms with van der Waals surface area (Å²) in [6, 6.07) is 3.54. The van der Waals surface area contributed by atoms with Gasteiger partial charge in [-0.1, -0.05) is 11.3 Å². The Morgan fingerprint density at radius 1 is 1.15 bits per heavy atom. The number of amides is 1. The molecule has 34 heavy (non-hydrogen) atoms. The van der Waals surface area contributed by atoms with Gasteiger partial charge in [0.25, 0.3) is 0 Å². The van der Waals surface area contributed by atoms with Crippen molar-refractivity contribution in [1.29, 1.82) is 0 Å². The summed E-state index contributed by atoms with van der Waals surface area (Å²) < 4.78 is 16.3. The van der Waals surface area contributed by atoms with Crippen LogP contribution in [-0.2, 0) is 14.3 Å². The summed E-state index contributed by atoms with van der Waals surface area (Å²) in [7, 11) is 0. The number of ketones is 1. The third-order valence-corrected chi connectivity index (χ3v) is 7.25. The number of hydrogen-bond acceptors (Lipinski definition) is 9. The monoisotopic (exact) mass is 484 g/mol. The average molecular weight is 485 g/mol. The fourth-order valence-electron chi connectivity index (χ4n) is 4.36. The number of anilines is 1. The number of morpholine rings is 1. The summed E-state index contributed by atoms with van der Waals surface area (Å²) in [4.78, 5) is 38.2. The second-order valence-corrected chi connectivity index (χ2v) is 9.61. The molecule has 0 aliphatic carbocycles. The van der Waals surface area contributed by atoms with Crippen molar-refractivity contribution in [2.45, 2.75) is 19.3 Å². The van der Waals surface area contributed by atoms with Gasteiger partial charge in [0.05, 0.1) is 31.1 Å². The number of carbonyl (C=O) groups excluding carboxylic acids is 2. The minimum absolute atomic E-state index is 0.0326. The van der Waals surface area contributed by atoms with E-state index in [0.717, 1.165) is 32.0 Å². The van der Waals surface area contributed by atoms with E-state index in [1.165, 1.54) is 11.3 Å². The number of ether oxygens (including phenoxy) is 2. The highest BCUT2D eigenvalue weighted by molar-refractivity contribution is 7.18. The van der Waals surface area contributed by atoms with Gasteiger partial charge in [0.15, 0.2) is 16.7 Å². The zero-order chi connectivity index (χ0) is 23.3. The molecular formula is C24H28N4O5S. The van der Waals surface area contributed by atoms with E-state index in [-0.39, 0.29) is 23.5 Å². The standard InChI is InChI=1S/C24H28N4O5S/c29-21(16-4-10-31-11-5-16)22-20(19-2-1-9-33-19)26-24(34-22)27-23(30)17-3-6-25-18(14-17)15-28-7-12-32-13-8-28/h1-2,6,9,14,16-17H,3-5,7-8,10-13,15H2,(H,26,27,30). The summed E-state index contributed by atoms with van der Waals surface area (Å²) in [5.41, 5.74) is 1.37. The third-order valence-electron chi connectivity index (χ3n) is 6.26. The van der Waals surface area contributed by atoms with Crippen LogP contribution in [0.3, 0.4) is 0 Å². The minimum Gasteiger partial charge on any atom is -0.463 e. The predicted molar refractivity (Wildman–Crippen MR) is 128 cm³/mol. The molecule has 5 rings (SSSR count). The SMILES string of the molecule is O=C(Nc1nc(-c2ccco2)c(C(=O)C2CCOCC2)s1)C1C=C(CN2CCOCC2)N=CC1. The molecule has 1 N–H and O–H groups in total. The zero-order valence-corrected chi connectivity index (χ0v) is 19.7. The van der Waals surface area contributed by atoms with Crippen LogP contribution in [-0.4, -0.2) is 73.9 Å². The molecule has 0 bridgehead atoms. The fourth-order valence-corrected chi connectivity index (χ4v) is 5.35. The molecule has 10 heteroatoms. The lowest BCUT2D eigenvalue weighted by Gasteiger charge is -2.27. The van der Waals surface area contributed by atoms with Gasteiger partial charge < -0.3 is 19.2 Å². The van der Waals surface area contributed by atoms with Crippen LogP contribution < -0.4 is 5.32 Å². The number of nitrogens with one attached hydrogen (secondary N) is 1. The molecule has 9 nitrogen and oxygen atoms in total. The lowest BCUT2D eigenvalue weighted by molar-refractivity contribution is -0.118. The number of nitrogens with zero attached hydrogens (tertiary/aromatic N) is 3. The Morgan fingerprint density at radius 3 is 2.71 bits per heavy atom. The number of aromatic nitrogens is 1. The van der Waals surface area contributed by atoms with Crippen molar-refractivity contribution in [2.24, 2.45) is 16.8 Å². The first-order valence-electron chi connectivity index (χ1n) is 11.7. The number of Topliss-reactive ketones (excluding diaryl/α,β-unsaturated/α-hetero) is 1. The van der Waals surface area contributed by atoms with Crippen LogP contribution in [0.5, 0.6) is 0 Å². The van der Waals surface area contributed by atoms with E-state index >= 15 is 0 Å². The molecule has 180 valence electrons. The normalized spacial score (nSPS) is 21.9. The molecule has 1 amide bonds. The quantitative estimate of drug-likeness (QED) is 0.601. The Kier molecular flexibility index (Phi) is 7.29. The van der Waals surface area contributed by atoms with Crippen LogP contribution in [0, 0.1) is 11.8 Å². The van der Waals surface area contributed by atoms with E-state index in [0.29, 0.717) is 60.5 Å². The molecule has 0 saturated carbocycles. The summed E-state index contributed by atoms with van der Waals surface area (Å²) in [6.07, 6.45) is 7.19. The maximum absolute atomic E-state index is 13.3. The highest BCUT2D eigenvalue weighted by Gasteiger charge is 2.30. The molecule has 2 saturated heterocycles. The van der Waals surface area contributed by atoms with Crippen LogP contribution in [0.25, 0.3) is 11.5 Å². The first kappa shape index (κ1) is 23.1. The minimum atomic E-state index is -0.334. The second kappa shape index (κ2) is 10.7. The summed E-state index contributed by atoms with van der Waals surface area (Å²) in [6.45, 7) is 5.03. The van der Waals surface area contributed by atoms with Gasteiger partial charge in [0.1, 0.15) is 10.6 Å². The Labute approximate surface area is 201 Å². The first-order chi connectivity index (χ1) is 16.7. The van der Waals surface area contributed by atoms with Gasteiger partial charge >= 0.3 is 0 Å². The topological polar surface area (TPSA) is 106 Å². The number of thiazole rings is 1. The van der Waals surface area contributed by atoms with Crippen molar-refractivity contribution in [3.63, 3.8) is 0 Å². The summed E-state index contributed by atoms with van der Waals surface area (Å²) in [5.74, 6) is -0.0453. The van der Waals surface area contributed by atoms with E-state index in [2.05, 4.69) is 20.2 Å². The molecule has 1 atom stereocenters. The number of aliphatic imine (C=N–C) groups is 1. The van der Waals surface area contributed by atoms with Crippen LogP contribution in [0.1, 0.15) is 28.9 Å². The number of furan rings is 1. The lowest BCUT2D eigenvalue weighted by Crippen LogP contribution is -2.37. The van der Waals surface area contributed by atoms with E-state index in [9.17, 15) is 9.59 Å². The first-order valence-corrected chi connectivity index (χ1v) is 12.5. The molecule has 2 aromatic rings. The second-order valence-electron chi connectivity index (χ2n) is 8.61. The molecule has 2 fully saturated rings. The molecule has 0 radical (unpaired) electrons. The lowest BCUT2D eigenvalue weighted by atomic mass is 9.94. The molecular weight excluding hydrogens is 456 g/mol. The van der Waals surface area contributed by atoms with Gasteiger partial charge in [-0.2, -0.15) is 0 Å². The number of hydrogen-bond donors (Lipinski definition) is 1. The predicted octanol–water partition coefficient (Wildman–Crippen LogP) is 3.26. The van der Waals surface area contributed by atoms with Gasteiger partial charge in [-0.05, 0) is 37.5 Å². The molecule has 0 spiro atoms. The molecule has 3 aliphatic rings. The van der Waals surface area contributed by atoms with Crippen LogP contribution in [0.2, 0.25) is 0 Å². The van der Waals surface area contributed by atoms with Crippen molar-refractivity contribution in [2.75, 3.05) is 51.4 Å². The molecule has 0 aromatic carbocycles. The van der Waals surface area contributed by atoms with Crippen molar-refractivity contribution >= 4 is 34.4 Å². The van der Waals surface area contributed by atoms with Gasteiger partial charge in [0, 0.05) is 45.0 Å². The Bertz CT molecular complexity index is 1070. The highest BCUT2D eigenvalue weighted by Crippen LogP contribution is 2.35. The number of rotatable bonds is 7. The Morgan fingerprint density at radius 2 is 1.94 bits per heavy atom. The average Bonchev–Trinajstić information content (AvgIpc) is 3.55. The summed E-state index contributed by atoms with van der Waals surface area (Å²) >= 11 is 1.21. The number of carbonyl (C=O) groups is 2. The Balaban J connectivity index is 1.31. The van der Waals surface area contributed by atoms with Crippen LogP contribution >= 0.6 is 11.3 Å². The zero-order valence-electron chi connectivity index (χ0n) is 18.9. The van der Waals surface area contributed by atoms with E-state index in [4.69, 9.17) is 13.9 Å². The van der Waals surface area contributed by atoms with Gasteiger partial charge in [-0.25, -0.2) is 4.98 Å². The van der Waals surface area contributed by atoms with Crippen molar-refractivity contribution in [3.05, 3.63) is 35.0 Å². The van der Waals surface area contributed by atoms with Crippen LogP contribution in [0.4, 0.5) is 5.13 Å².